The van der Waals surface area contributed by atoms with Gasteiger partial charge >= 0.3 is 0 Å². The molecule has 0 radical (unpaired) electrons. The molecule has 0 atom stereocenters. The Bertz CT molecular complexity index is 252. The van der Waals surface area contributed by atoms with E-state index in [1.54, 1.807) is 12.1 Å². The van der Waals surface area contributed by atoms with Gasteiger partial charge in [0.25, 0.3) is 0 Å². The molecule has 1 rings (SSSR count). The predicted octanol–water partition coefficient (Wildman–Crippen LogP) is 1.57. The van der Waals surface area contributed by atoms with Crippen LogP contribution in [0.4, 0.5) is 5.69 Å². The third-order valence-corrected chi connectivity index (χ3v) is 2.02. The normalized spacial score (nSPS) is 9.64. The first kappa shape index (κ1) is 8.36. The van der Waals surface area contributed by atoms with Gasteiger partial charge in [-0.15, -0.1) is 0 Å². The molecule has 0 bridgehead atoms. The van der Waals surface area contributed by atoms with Crippen molar-refractivity contribution in [3.8, 4) is 5.75 Å². The van der Waals surface area contributed by atoms with Gasteiger partial charge in [0.15, 0.2) is 0 Å². The minimum Gasteiger partial charge on any atom is -0.506 e. The summed E-state index contributed by atoms with van der Waals surface area (Å²) in [6.45, 7) is 0. The summed E-state index contributed by atoms with van der Waals surface area (Å²) in [5.74, 6) is 5.31. The molecule has 0 spiro atoms. The lowest BCUT2D eigenvalue weighted by atomic mass is 10.2. The minimum atomic E-state index is 0.164. The van der Waals surface area contributed by atoms with E-state index in [1.807, 2.05) is 6.07 Å². The van der Waals surface area contributed by atoms with E-state index >= 15 is 0 Å². The number of alkyl halides is 1. The smallest absolute Gasteiger partial charge is 0.140 e. The molecule has 0 aliphatic heterocycles. The molecule has 4 heteroatoms. The van der Waals surface area contributed by atoms with Crippen molar-refractivity contribution in [3.63, 3.8) is 0 Å². The van der Waals surface area contributed by atoms with Crippen molar-refractivity contribution in [2.45, 2.75) is 5.33 Å². The average Bonchev–Trinajstić information content (AvgIpc) is 2.05. The third-order valence-electron chi connectivity index (χ3n) is 1.37. The summed E-state index contributed by atoms with van der Waals surface area (Å²) in [5, 5.41) is 9.92. The fourth-order valence-electron chi connectivity index (χ4n) is 0.782. The molecule has 0 aromatic heterocycles. The number of phenols is 1. The van der Waals surface area contributed by atoms with Crippen molar-refractivity contribution in [3.05, 3.63) is 23.8 Å². The average molecular weight is 217 g/mol. The van der Waals surface area contributed by atoms with Crippen molar-refractivity contribution >= 4 is 21.6 Å². The maximum Gasteiger partial charge on any atom is 0.140 e. The van der Waals surface area contributed by atoms with E-state index in [2.05, 4.69) is 21.4 Å². The lowest BCUT2D eigenvalue weighted by Gasteiger charge is -2.04. The van der Waals surface area contributed by atoms with Crippen LogP contribution in [-0.2, 0) is 5.33 Å². The number of phenolic OH excluding ortho intramolecular Hbond substituents is 1. The van der Waals surface area contributed by atoms with Crippen molar-refractivity contribution in [1.82, 2.24) is 0 Å². The molecule has 0 heterocycles. The number of nitrogens with two attached hydrogens (primary N) is 1. The summed E-state index contributed by atoms with van der Waals surface area (Å²) < 4.78 is 0. The van der Waals surface area contributed by atoms with E-state index in [4.69, 9.17) is 5.84 Å². The van der Waals surface area contributed by atoms with E-state index in [-0.39, 0.29) is 5.75 Å². The van der Waals surface area contributed by atoms with Gasteiger partial charge in [-0.3, -0.25) is 5.84 Å². The van der Waals surface area contributed by atoms with Gasteiger partial charge in [0, 0.05) is 5.33 Å². The van der Waals surface area contributed by atoms with Gasteiger partial charge in [0.1, 0.15) is 5.75 Å². The van der Waals surface area contributed by atoms with Gasteiger partial charge in [-0.05, 0) is 17.7 Å². The fourth-order valence-corrected chi connectivity index (χ4v) is 1.13. The number of nitrogen functional groups attached to an aromatic ring is 1. The van der Waals surface area contributed by atoms with Crippen LogP contribution in [0.1, 0.15) is 5.56 Å². The van der Waals surface area contributed by atoms with Crippen LogP contribution >= 0.6 is 15.9 Å². The molecule has 0 saturated heterocycles. The summed E-state index contributed by atoms with van der Waals surface area (Å²) in [6, 6.07) is 5.21. The number of benzene rings is 1. The van der Waals surface area contributed by atoms with Gasteiger partial charge < -0.3 is 10.5 Å². The van der Waals surface area contributed by atoms with Crippen LogP contribution in [0, 0.1) is 0 Å². The highest BCUT2D eigenvalue weighted by atomic mass is 79.9. The first-order chi connectivity index (χ1) is 5.27. The quantitative estimate of drug-likeness (QED) is 0.305. The molecule has 4 N–H and O–H groups in total. The molecule has 0 fully saturated rings. The van der Waals surface area contributed by atoms with Gasteiger partial charge in [-0.25, -0.2) is 0 Å². The SMILES string of the molecule is NNc1cc(CBr)ccc1O. The van der Waals surface area contributed by atoms with Gasteiger partial charge in [-0.1, -0.05) is 22.0 Å². The second-order valence-corrected chi connectivity index (χ2v) is 2.69. The summed E-state index contributed by atoms with van der Waals surface area (Å²) in [4.78, 5) is 0. The zero-order chi connectivity index (χ0) is 8.27. The van der Waals surface area contributed by atoms with Gasteiger partial charge in [0.05, 0.1) is 5.69 Å². The molecule has 0 unspecified atom stereocenters. The van der Waals surface area contributed by atoms with E-state index in [1.165, 1.54) is 0 Å². The highest BCUT2D eigenvalue weighted by Crippen LogP contribution is 2.23. The standard InChI is InChI=1S/C7H9BrN2O/c8-4-5-1-2-7(11)6(3-5)10-9/h1-3,10-11H,4,9H2. The Labute approximate surface area is 73.3 Å². The van der Waals surface area contributed by atoms with Crippen LogP contribution in [0.3, 0.4) is 0 Å². The first-order valence-electron chi connectivity index (χ1n) is 3.12. The van der Waals surface area contributed by atoms with E-state index in [0.717, 1.165) is 10.9 Å². The third kappa shape index (κ3) is 1.85. The van der Waals surface area contributed by atoms with Crippen LogP contribution in [0.5, 0.6) is 5.75 Å². The van der Waals surface area contributed by atoms with Crippen molar-refractivity contribution in [1.29, 1.82) is 0 Å². The zero-order valence-electron chi connectivity index (χ0n) is 5.84. The van der Waals surface area contributed by atoms with Gasteiger partial charge in [0.2, 0.25) is 0 Å². The molecule has 60 valence electrons. The lowest BCUT2D eigenvalue weighted by Crippen LogP contribution is -2.06. The van der Waals surface area contributed by atoms with Crippen molar-refractivity contribution in [2.24, 2.45) is 5.84 Å². The second-order valence-electron chi connectivity index (χ2n) is 2.13. The van der Waals surface area contributed by atoms with Crippen molar-refractivity contribution in [2.75, 3.05) is 5.43 Å². The highest BCUT2D eigenvalue weighted by molar-refractivity contribution is 9.08. The molecular weight excluding hydrogens is 208 g/mol. The monoisotopic (exact) mass is 216 g/mol. The van der Waals surface area contributed by atoms with E-state index in [0.29, 0.717) is 5.69 Å². The summed E-state index contributed by atoms with van der Waals surface area (Å²) in [5.41, 5.74) is 4.01. The van der Waals surface area contributed by atoms with Gasteiger partial charge in [-0.2, -0.15) is 0 Å². The largest absolute Gasteiger partial charge is 0.506 e. The fraction of sp³-hybridized carbons (Fsp3) is 0.143. The first-order valence-corrected chi connectivity index (χ1v) is 4.24. The summed E-state index contributed by atoms with van der Waals surface area (Å²) >= 11 is 3.30. The molecule has 11 heavy (non-hydrogen) atoms. The van der Waals surface area contributed by atoms with Crippen LogP contribution in [-0.4, -0.2) is 5.11 Å². The highest BCUT2D eigenvalue weighted by Gasteiger charge is 1.98. The van der Waals surface area contributed by atoms with Crippen LogP contribution in [0.2, 0.25) is 0 Å². The number of aromatic hydroxyl groups is 1. The molecule has 0 amide bonds. The Kier molecular flexibility index (Phi) is 2.73. The molecular formula is C7H9BrN2O. The van der Waals surface area contributed by atoms with E-state index < -0.39 is 0 Å². The Morgan fingerprint density at radius 1 is 1.55 bits per heavy atom. The topological polar surface area (TPSA) is 58.3 Å². The molecule has 3 nitrogen and oxygen atoms in total. The number of nitrogens with one attached hydrogen (secondary N) is 1. The maximum atomic E-state index is 9.17. The number of hydrogen-bond acceptors (Lipinski definition) is 3. The molecule has 0 saturated carbocycles. The minimum absolute atomic E-state index is 0.164. The number of rotatable bonds is 2. The Hall–Kier alpha value is -0.740. The Morgan fingerprint density at radius 3 is 2.82 bits per heavy atom. The maximum absolute atomic E-state index is 9.17. The van der Waals surface area contributed by atoms with Crippen LogP contribution < -0.4 is 11.3 Å². The Balaban J connectivity index is 3.02. The van der Waals surface area contributed by atoms with Crippen LogP contribution in [0.25, 0.3) is 0 Å². The molecule has 1 aromatic rings. The van der Waals surface area contributed by atoms with E-state index in [9.17, 15) is 5.11 Å². The zero-order valence-corrected chi connectivity index (χ0v) is 7.43. The molecule has 0 aliphatic rings. The number of hydrogen-bond donors (Lipinski definition) is 3. The molecule has 1 aromatic carbocycles. The summed E-state index contributed by atoms with van der Waals surface area (Å²) in [7, 11) is 0. The van der Waals surface area contributed by atoms with Crippen molar-refractivity contribution < 1.29 is 5.11 Å². The molecule has 0 aliphatic carbocycles. The number of hydrazine groups is 1. The number of halogens is 1. The number of anilines is 1. The Morgan fingerprint density at radius 2 is 2.27 bits per heavy atom. The predicted molar refractivity (Wildman–Crippen MR) is 48.5 cm³/mol. The van der Waals surface area contributed by atoms with Crippen LogP contribution in [0.15, 0.2) is 18.2 Å². The lowest BCUT2D eigenvalue weighted by molar-refractivity contribution is 0.477. The second kappa shape index (κ2) is 3.59. The summed E-state index contributed by atoms with van der Waals surface area (Å²) in [6.07, 6.45) is 0.